The van der Waals surface area contributed by atoms with Gasteiger partial charge in [-0.2, -0.15) is 10.1 Å². The standard InChI is InChI=1S/C29H18BrN3O4S/c1-36-20-11-12-24-26(14-20)38-29(32-24)33(31-16-17-6-9-19(30)10-7-17)27(34)23-15-22-21-5-3-2-4-18(21)8-13-25(22)37-28(23)35/h2-16H,1H3/b31-16+. The van der Waals surface area contributed by atoms with Crippen molar-refractivity contribution in [2.24, 2.45) is 5.10 Å². The molecule has 0 spiro atoms. The SMILES string of the molecule is COc1ccc2nc(N(/N=C/c3ccc(Br)cc3)C(=O)c3cc4c(ccc5ccccc54)oc3=O)sc2c1. The van der Waals surface area contributed by atoms with Gasteiger partial charge >= 0.3 is 5.63 Å². The predicted octanol–water partition coefficient (Wildman–Crippen LogP) is 7.01. The zero-order valence-corrected chi connectivity index (χ0v) is 22.3. The van der Waals surface area contributed by atoms with Crippen LogP contribution in [0.3, 0.4) is 0 Å². The van der Waals surface area contributed by atoms with E-state index in [-0.39, 0.29) is 5.56 Å². The fourth-order valence-electron chi connectivity index (χ4n) is 4.11. The van der Waals surface area contributed by atoms with Gasteiger partial charge in [0.1, 0.15) is 16.9 Å². The van der Waals surface area contributed by atoms with Crippen LogP contribution in [0, 0.1) is 0 Å². The maximum absolute atomic E-state index is 13.9. The molecule has 0 saturated carbocycles. The predicted molar refractivity (Wildman–Crippen MR) is 155 cm³/mol. The minimum Gasteiger partial charge on any atom is -0.497 e. The number of fused-ring (bicyclic) bond motifs is 4. The van der Waals surface area contributed by atoms with Crippen molar-refractivity contribution in [3.05, 3.63) is 111 Å². The van der Waals surface area contributed by atoms with E-state index in [0.29, 0.717) is 27.4 Å². The number of carbonyl (C=O) groups is 1. The van der Waals surface area contributed by atoms with Crippen LogP contribution in [0.5, 0.6) is 5.75 Å². The monoisotopic (exact) mass is 583 g/mol. The Hall–Kier alpha value is -4.34. The summed E-state index contributed by atoms with van der Waals surface area (Å²) in [7, 11) is 1.59. The van der Waals surface area contributed by atoms with E-state index in [1.807, 2.05) is 66.7 Å². The average Bonchev–Trinajstić information content (AvgIpc) is 3.36. The molecule has 7 nitrogen and oxygen atoms in total. The molecule has 2 heterocycles. The number of rotatable bonds is 5. The molecule has 0 bridgehead atoms. The first-order valence-corrected chi connectivity index (χ1v) is 13.2. The van der Waals surface area contributed by atoms with E-state index in [1.54, 1.807) is 31.5 Å². The Balaban J connectivity index is 1.50. The molecule has 0 aliphatic heterocycles. The molecule has 0 radical (unpaired) electrons. The highest BCUT2D eigenvalue weighted by molar-refractivity contribution is 9.10. The maximum Gasteiger partial charge on any atom is 0.349 e. The summed E-state index contributed by atoms with van der Waals surface area (Å²) in [6.45, 7) is 0. The molecular formula is C29H18BrN3O4S. The molecule has 0 aliphatic carbocycles. The molecule has 0 saturated heterocycles. The molecular weight excluding hydrogens is 566 g/mol. The summed E-state index contributed by atoms with van der Waals surface area (Å²) in [6, 6.07) is 25.8. The zero-order valence-electron chi connectivity index (χ0n) is 19.9. The lowest BCUT2D eigenvalue weighted by Crippen LogP contribution is -2.30. The fourth-order valence-corrected chi connectivity index (χ4v) is 5.32. The third-order valence-electron chi connectivity index (χ3n) is 6.02. The summed E-state index contributed by atoms with van der Waals surface area (Å²) in [5.41, 5.74) is 0.967. The highest BCUT2D eigenvalue weighted by atomic mass is 79.9. The Morgan fingerprint density at radius 3 is 2.66 bits per heavy atom. The second-order valence-electron chi connectivity index (χ2n) is 8.39. The number of amides is 1. The molecule has 186 valence electrons. The van der Waals surface area contributed by atoms with Gasteiger partial charge in [-0.15, -0.1) is 0 Å². The number of nitrogens with zero attached hydrogens (tertiary/aromatic N) is 3. The average molecular weight is 584 g/mol. The van der Waals surface area contributed by atoms with Crippen molar-refractivity contribution < 1.29 is 13.9 Å². The minimum absolute atomic E-state index is 0.140. The molecule has 9 heteroatoms. The van der Waals surface area contributed by atoms with Crippen LogP contribution in [0.25, 0.3) is 32.0 Å². The third-order valence-corrected chi connectivity index (χ3v) is 7.54. The van der Waals surface area contributed by atoms with Crippen LogP contribution in [-0.2, 0) is 0 Å². The molecule has 4 aromatic carbocycles. The van der Waals surface area contributed by atoms with E-state index in [9.17, 15) is 9.59 Å². The Kier molecular flexibility index (Phi) is 6.22. The number of benzene rings is 4. The van der Waals surface area contributed by atoms with E-state index < -0.39 is 11.5 Å². The van der Waals surface area contributed by atoms with Crippen LogP contribution >= 0.6 is 27.3 Å². The molecule has 6 rings (SSSR count). The lowest BCUT2D eigenvalue weighted by molar-refractivity contribution is 0.0984. The number of aromatic nitrogens is 1. The largest absolute Gasteiger partial charge is 0.497 e. The molecule has 0 N–H and O–H groups in total. The minimum atomic E-state index is -0.746. The number of anilines is 1. The van der Waals surface area contributed by atoms with Gasteiger partial charge in [0.05, 0.1) is 23.5 Å². The van der Waals surface area contributed by atoms with Crippen molar-refractivity contribution in [1.82, 2.24) is 4.98 Å². The van der Waals surface area contributed by atoms with E-state index in [4.69, 9.17) is 9.15 Å². The molecule has 2 aromatic heterocycles. The summed E-state index contributed by atoms with van der Waals surface area (Å²) >= 11 is 4.69. The normalized spacial score (nSPS) is 11.5. The molecule has 0 unspecified atom stereocenters. The Labute approximate surface area is 228 Å². The Morgan fingerprint density at radius 2 is 1.84 bits per heavy atom. The lowest BCUT2D eigenvalue weighted by atomic mass is 10.0. The number of hydrogen-bond donors (Lipinski definition) is 0. The summed E-state index contributed by atoms with van der Waals surface area (Å²) in [5, 5.41) is 8.43. The summed E-state index contributed by atoms with van der Waals surface area (Å²) in [4.78, 5) is 31.5. The molecule has 1 amide bonds. The van der Waals surface area contributed by atoms with Crippen LogP contribution in [-0.4, -0.2) is 24.2 Å². The van der Waals surface area contributed by atoms with E-state index >= 15 is 0 Å². The van der Waals surface area contributed by atoms with Gasteiger partial charge in [0, 0.05) is 9.86 Å². The van der Waals surface area contributed by atoms with Crippen molar-refractivity contribution >= 4 is 76.5 Å². The van der Waals surface area contributed by atoms with Crippen molar-refractivity contribution in [1.29, 1.82) is 0 Å². The number of ether oxygens (including phenoxy) is 1. The fraction of sp³-hybridized carbons (Fsp3) is 0.0345. The van der Waals surface area contributed by atoms with E-state index in [0.717, 1.165) is 30.5 Å². The van der Waals surface area contributed by atoms with Crippen molar-refractivity contribution in [2.75, 3.05) is 12.1 Å². The van der Waals surface area contributed by atoms with Crippen LogP contribution in [0.4, 0.5) is 5.13 Å². The summed E-state index contributed by atoms with van der Waals surface area (Å²) in [6.07, 6.45) is 1.55. The number of methoxy groups -OCH3 is 1. The van der Waals surface area contributed by atoms with Gasteiger partial charge < -0.3 is 9.15 Å². The second kappa shape index (κ2) is 9.85. The van der Waals surface area contributed by atoms with Gasteiger partial charge in [-0.1, -0.05) is 69.7 Å². The quantitative estimate of drug-likeness (QED) is 0.0943. The smallest absolute Gasteiger partial charge is 0.349 e. The molecule has 6 aromatic rings. The molecule has 0 aliphatic rings. The van der Waals surface area contributed by atoms with Gasteiger partial charge in [-0.25, -0.2) is 9.78 Å². The molecule has 0 fully saturated rings. The van der Waals surface area contributed by atoms with Gasteiger partial charge in [0.2, 0.25) is 5.13 Å². The van der Waals surface area contributed by atoms with Crippen LogP contribution in [0.1, 0.15) is 15.9 Å². The van der Waals surface area contributed by atoms with Crippen LogP contribution in [0.15, 0.2) is 104 Å². The lowest BCUT2D eigenvalue weighted by Gasteiger charge is -2.14. The number of halogens is 1. The first kappa shape index (κ1) is 24.0. The van der Waals surface area contributed by atoms with Gasteiger partial charge in [0.15, 0.2) is 0 Å². The Bertz CT molecular complexity index is 1930. The highest BCUT2D eigenvalue weighted by Gasteiger charge is 2.25. The third kappa shape index (κ3) is 4.46. The van der Waals surface area contributed by atoms with E-state index in [1.165, 1.54) is 11.3 Å². The number of hydrazone groups is 1. The number of thiazole rings is 1. The molecule has 38 heavy (non-hydrogen) atoms. The number of hydrogen-bond acceptors (Lipinski definition) is 7. The second-order valence-corrected chi connectivity index (χ2v) is 10.3. The van der Waals surface area contributed by atoms with Crippen molar-refractivity contribution in [2.45, 2.75) is 0 Å². The van der Waals surface area contributed by atoms with Gasteiger partial charge in [-0.05, 0) is 58.8 Å². The summed E-state index contributed by atoms with van der Waals surface area (Å²) < 4.78 is 12.6. The highest BCUT2D eigenvalue weighted by Crippen LogP contribution is 2.33. The van der Waals surface area contributed by atoms with Crippen LogP contribution in [0.2, 0.25) is 0 Å². The first-order valence-electron chi connectivity index (χ1n) is 11.5. The first-order chi connectivity index (χ1) is 18.5. The van der Waals surface area contributed by atoms with E-state index in [2.05, 4.69) is 26.0 Å². The topological polar surface area (TPSA) is 85.0 Å². The maximum atomic E-state index is 13.9. The zero-order chi connectivity index (χ0) is 26.2. The van der Waals surface area contributed by atoms with Gasteiger partial charge in [0.25, 0.3) is 5.91 Å². The van der Waals surface area contributed by atoms with Gasteiger partial charge in [-0.3, -0.25) is 4.79 Å². The Morgan fingerprint density at radius 1 is 1.03 bits per heavy atom. The van der Waals surface area contributed by atoms with Crippen LogP contribution < -0.4 is 15.4 Å². The van der Waals surface area contributed by atoms with Crippen molar-refractivity contribution in [3.8, 4) is 5.75 Å². The molecule has 0 atom stereocenters. The number of carbonyl (C=O) groups excluding carboxylic acids is 1. The summed E-state index contributed by atoms with van der Waals surface area (Å²) in [5.74, 6) is 0.0268. The van der Waals surface area contributed by atoms with Crippen molar-refractivity contribution in [3.63, 3.8) is 0 Å².